The number of carbonyl (C=O) groups is 1. The standard InChI is InChI=1S/C13H13ClN2O2/c14-11-2-1-3-12(8-11)16-13(17)15-6-4-10-5-7-18-9-10/h1-3,5,7-9H,4,6H2,(H2,15,16,17). The van der Waals surface area contributed by atoms with Gasteiger partial charge in [-0.2, -0.15) is 0 Å². The van der Waals surface area contributed by atoms with Crippen molar-refractivity contribution >= 4 is 23.3 Å². The molecule has 2 aromatic rings. The molecule has 18 heavy (non-hydrogen) atoms. The van der Waals surface area contributed by atoms with Crippen LogP contribution in [0.4, 0.5) is 10.5 Å². The number of anilines is 1. The van der Waals surface area contributed by atoms with Crippen LogP contribution >= 0.6 is 11.6 Å². The lowest BCUT2D eigenvalue weighted by atomic mass is 10.2. The van der Waals surface area contributed by atoms with E-state index in [4.69, 9.17) is 16.0 Å². The Morgan fingerprint density at radius 3 is 2.94 bits per heavy atom. The lowest BCUT2D eigenvalue weighted by Gasteiger charge is -2.07. The van der Waals surface area contributed by atoms with Crippen molar-refractivity contribution in [2.45, 2.75) is 6.42 Å². The van der Waals surface area contributed by atoms with Crippen molar-refractivity contribution in [2.75, 3.05) is 11.9 Å². The molecule has 0 aliphatic carbocycles. The monoisotopic (exact) mass is 264 g/mol. The Kier molecular flexibility index (Phi) is 4.25. The van der Waals surface area contributed by atoms with Gasteiger partial charge in [-0.25, -0.2) is 4.79 Å². The predicted octanol–water partition coefficient (Wildman–Crippen LogP) is 3.30. The molecule has 5 heteroatoms. The van der Waals surface area contributed by atoms with E-state index in [0.717, 1.165) is 12.0 Å². The Balaban J connectivity index is 1.75. The number of urea groups is 1. The first kappa shape index (κ1) is 12.5. The number of hydrogen-bond acceptors (Lipinski definition) is 2. The number of hydrogen-bond donors (Lipinski definition) is 2. The van der Waals surface area contributed by atoms with Gasteiger partial charge in [-0.15, -0.1) is 0 Å². The summed E-state index contributed by atoms with van der Waals surface area (Å²) in [7, 11) is 0. The Morgan fingerprint density at radius 1 is 1.33 bits per heavy atom. The third kappa shape index (κ3) is 3.82. The average Bonchev–Trinajstić information content (AvgIpc) is 2.82. The van der Waals surface area contributed by atoms with Crippen molar-refractivity contribution < 1.29 is 9.21 Å². The zero-order chi connectivity index (χ0) is 12.8. The van der Waals surface area contributed by atoms with Crippen LogP contribution in [0, 0.1) is 0 Å². The molecular weight excluding hydrogens is 252 g/mol. The molecule has 2 amide bonds. The molecule has 0 atom stereocenters. The normalized spacial score (nSPS) is 10.1. The second-order valence-electron chi connectivity index (χ2n) is 3.77. The van der Waals surface area contributed by atoms with Crippen LogP contribution in [0.15, 0.2) is 47.3 Å². The van der Waals surface area contributed by atoms with Gasteiger partial charge >= 0.3 is 6.03 Å². The van der Waals surface area contributed by atoms with Crippen LogP contribution in [0.5, 0.6) is 0 Å². The quantitative estimate of drug-likeness (QED) is 0.890. The van der Waals surface area contributed by atoms with Crippen molar-refractivity contribution in [3.05, 3.63) is 53.4 Å². The van der Waals surface area contributed by atoms with E-state index in [1.807, 2.05) is 6.07 Å². The van der Waals surface area contributed by atoms with Gasteiger partial charge in [0, 0.05) is 17.3 Å². The van der Waals surface area contributed by atoms with Gasteiger partial charge in [0.25, 0.3) is 0 Å². The topological polar surface area (TPSA) is 54.3 Å². The zero-order valence-electron chi connectivity index (χ0n) is 9.65. The van der Waals surface area contributed by atoms with Crippen molar-refractivity contribution in [1.82, 2.24) is 5.32 Å². The Labute approximate surface area is 110 Å². The molecule has 0 radical (unpaired) electrons. The zero-order valence-corrected chi connectivity index (χ0v) is 10.4. The number of carbonyl (C=O) groups excluding carboxylic acids is 1. The first-order chi connectivity index (χ1) is 8.74. The molecule has 0 unspecified atom stereocenters. The Morgan fingerprint density at radius 2 is 2.22 bits per heavy atom. The molecule has 2 rings (SSSR count). The largest absolute Gasteiger partial charge is 0.472 e. The summed E-state index contributed by atoms with van der Waals surface area (Å²) in [5.74, 6) is 0. The van der Waals surface area contributed by atoms with E-state index in [0.29, 0.717) is 17.3 Å². The Hall–Kier alpha value is -1.94. The molecule has 94 valence electrons. The molecular formula is C13H13ClN2O2. The van der Waals surface area contributed by atoms with Crippen LogP contribution in [0.25, 0.3) is 0 Å². The highest BCUT2D eigenvalue weighted by atomic mass is 35.5. The molecule has 0 aliphatic heterocycles. The first-order valence-electron chi connectivity index (χ1n) is 5.55. The van der Waals surface area contributed by atoms with Crippen LogP contribution in [0.1, 0.15) is 5.56 Å². The van der Waals surface area contributed by atoms with Crippen molar-refractivity contribution in [3.8, 4) is 0 Å². The molecule has 2 N–H and O–H groups in total. The van der Waals surface area contributed by atoms with Gasteiger partial charge in [-0.05, 0) is 36.2 Å². The minimum Gasteiger partial charge on any atom is -0.472 e. The molecule has 0 spiro atoms. The highest BCUT2D eigenvalue weighted by molar-refractivity contribution is 6.30. The summed E-state index contributed by atoms with van der Waals surface area (Å²) < 4.78 is 4.94. The maximum atomic E-state index is 11.6. The van der Waals surface area contributed by atoms with E-state index < -0.39 is 0 Å². The van der Waals surface area contributed by atoms with Crippen LogP contribution in [-0.4, -0.2) is 12.6 Å². The molecule has 1 aromatic carbocycles. The third-order valence-corrected chi connectivity index (χ3v) is 2.60. The van der Waals surface area contributed by atoms with Gasteiger partial charge in [-0.3, -0.25) is 0 Å². The number of amides is 2. The van der Waals surface area contributed by atoms with E-state index in [1.165, 1.54) is 0 Å². The fraction of sp³-hybridized carbons (Fsp3) is 0.154. The molecule has 0 saturated heterocycles. The number of furan rings is 1. The lowest BCUT2D eigenvalue weighted by molar-refractivity contribution is 0.252. The fourth-order valence-electron chi connectivity index (χ4n) is 1.50. The summed E-state index contributed by atoms with van der Waals surface area (Å²) in [5, 5.41) is 6.05. The van der Waals surface area contributed by atoms with E-state index in [1.54, 1.807) is 36.8 Å². The van der Waals surface area contributed by atoms with E-state index in [-0.39, 0.29) is 6.03 Å². The smallest absolute Gasteiger partial charge is 0.319 e. The molecule has 0 saturated carbocycles. The highest BCUT2D eigenvalue weighted by Gasteiger charge is 2.02. The van der Waals surface area contributed by atoms with Crippen LogP contribution in [0.3, 0.4) is 0 Å². The van der Waals surface area contributed by atoms with Gasteiger partial charge in [-0.1, -0.05) is 17.7 Å². The van der Waals surface area contributed by atoms with Crippen LogP contribution in [-0.2, 0) is 6.42 Å². The summed E-state index contributed by atoms with van der Waals surface area (Å²) in [4.78, 5) is 11.6. The van der Waals surface area contributed by atoms with Crippen LogP contribution in [0.2, 0.25) is 5.02 Å². The molecule has 0 bridgehead atoms. The number of nitrogens with one attached hydrogen (secondary N) is 2. The SMILES string of the molecule is O=C(NCCc1ccoc1)Nc1cccc(Cl)c1. The maximum Gasteiger partial charge on any atom is 0.319 e. The van der Waals surface area contributed by atoms with Crippen molar-refractivity contribution in [3.63, 3.8) is 0 Å². The number of halogens is 1. The molecule has 0 fully saturated rings. The number of benzene rings is 1. The number of rotatable bonds is 4. The van der Waals surface area contributed by atoms with E-state index >= 15 is 0 Å². The maximum absolute atomic E-state index is 11.6. The second-order valence-corrected chi connectivity index (χ2v) is 4.21. The Bertz CT molecular complexity index is 511. The van der Waals surface area contributed by atoms with E-state index in [2.05, 4.69) is 10.6 Å². The summed E-state index contributed by atoms with van der Waals surface area (Å²) >= 11 is 5.82. The molecule has 1 heterocycles. The van der Waals surface area contributed by atoms with Gasteiger partial charge in [0.15, 0.2) is 0 Å². The van der Waals surface area contributed by atoms with Crippen molar-refractivity contribution in [2.24, 2.45) is 0 Å². The van der Waals surface area contributed by atoms with E-state index in [9.17, 15) is 4.79 Å². The minimum atomic E-state index is -0.249. The molecule has 0 aliphatic rings. The van der Waals surface area contributed by atoms with Crippen molar-refractivity contribution in [1.29, 1.82) is 0 Å². The summed E-state index contributed by atoms with van der Waals surface area (Å²) in [6.07, 6.45) is 4.01. The molecule has 1 aromatic heterocycles. The van der Waals surface area contributed by atoms with Gasteiger partial charge in [0.2, 0.25) is 0 Å². The summed E-state index contributed by atoms with van der Waals surface area (Å²) in [5.41, 5.74) is 1.72. The second kappa shape index (κ2) is 6.12. The van der Waals surface area contributed by atoms with Gasteiger partial charge in [0.05, 0.1) is 12.5 Å². The van der Waals surface area contributed by atoms with Crippen LogP contribution < -0.4 is 10.6 Å². The summed E-state index contributed by atoms with van der Waals surface area (Å²) in [6, 6.07) is 8.63. The predicted molar refractivity (Wildman–Crippen MR) is 70.9 cm³/mol. The third-order valence-electron chi connectivity index (χ3n) is 2.36. The van der Waals surface area contributed by atoms with Gasteiger partial charge in [0.1, 0.15) is 0 Å². The minimum absolute atomic E-state index is 0.249. The lowest BCUT2D eigenvalue weighted by Crippen LogP contribution is -2.30. The van der Waals surface area contributed by atoms with Gasteiger partial charge < -0.3 is 15.1 Å². The molecule has 4 nitrogen and oxygen atoms in total. The highest BCUT2D eigenvalue weighted by Crippen LogP contribution is 2.14. The summed E-state index contributed by atoms with van der Waals surface area (Å²) in [6.45, 7) is 0.548. The average molecular weight is 265 g/mol. The first-order valence-corrected chi connectivity index (χ1v) is 5.93. The fourth-order valence-corrected chi connectivity index (χ4v) is 1.69.